The number of hydrogen-bond donors (Lipinski definition) is 1. The first-order valence-corrected chi connectivity index (χ1v) is 7.19. The number of thiophene rings is 1. The zero-order valence-electron chi connectivity index (χ0n) is 9.92. The molecule has 4 nitrogen and oxygen atoms in total. The summed E-state index contributed by atoms with van der Waals surface area (Å²) in [7, 11) is 0. The van der Waals surface area contributed by atoms with Gasteiger partial charge in [0.15, 0.2) is 0 Å². The van der Waals surface area contributed by atoms with Gasteiger partial charge in [-0.05, 0) is 41.1 Å². The number of halogens is 1. The van der Waals surface area contributed by atoms with Gasteiger partial charge in [0.05, 0.1) is 4.88 Å². The minimum absolute atomic E-state index is 0.219. The van der Waals surface area contributed by atoms with E-state index in [2.05, 4.69) is 26.1 Å². The number of rotatable bonds is 2. The number of phenolic OH excluding ortho intramolecular Hbond substituents is 1. The van der Waals surface area contributed by atoms with Crippen LogP contribution in [0.2, 0.25) is 0 Å². The van der Waals surface area contributed by atoms with Gasteiger partial charge in [0, 0.05) is 21.0 Å². The fourth-order valence-electron chi connectivity index (χ4n) is 1.72. The van der Waals surface area contributed by atoms with E-state index in [-0.39, 0.29) is 5.75 Å². The largest absolute Gasteiger partial charge is 0.508 e. The van der Waals surface area contributed by atoms with E-state index in [1.807, 2.05) is 24.4 Å². The minimum atomic E-state index is 0.219. The predicted octanol–water partition coefficient (Wildman–Crippen LogP) is 4.24. The molecule has 0 unspecified atom stereocenters. The van der Waals surface area contributed by atoms with Crippen molar-refractivity contribution >= 4 is 27.3 Å². The zero-order chi connectivity index (χ0) is 13.4. The first kappa shape index (κ1) is 12.4. The van der Waals surface area contributed by atoms with Crippen LogP contribution < -0.4 is 0 Å². The first-order valence-electron chi connectivity index (χ1n) is 5.52. The molecule has 1 aromatic carbocycles. The smallest absolute Gasteiger partial charge is 0.258 e. The van der Waals surface area contributed by atoms with Gasteiger partial charge in [-0.2, -0.15) is 4.98 Å². The minimum Gasteiger partial charge on any atom is -0.508 e. The Balaban J connectivity index is 2.04. The van der Waals surface area contributed by atoms with Gasteiger partial charge in [0.25, 0.3) is 5.89 Å². The number of phenols is 1. The molecule has 3 aromatic rings. The Morgan fingerprint density at radius 2 is 2.21 bits per heavy atom. The summed E-state index contributed by atoms with van der Waals surface area (Å²) in [4.78, 5) is 5.30. The maximum Gasteiger partial charge on any atom is 0.258 e. The van der Waals surface area contributed by atoms with Crippen LogP contribution in [0.5, 0.6) is 5.75 Å². The van der Waals surface area contributed by atoms with Gasteiger partial charge in [-0.15, -0.1) is 11.3 Å². The highest BCUT2D eigenvalue weighted by Crippen LogP contribution is 2.32. The molecular weight excluding hydrogens is 328 g/mol. The SMILES string of the molecule is Cc1c(O)cccc1-c1nc(-c2cc(Br)cs2)no1. The van der Waals surface area contributed by atoms with Crippen LogP contribution in [0.15, 0.2) is 38.6 Å². The van der Waals surface area contributed by atoms with Crippen LogP contribution in [0.1, 0.15) is 5.56 Å². The van der Waals surface area contributed by atoms with E-state index in [0.29, 0.717) is 11.7 Å². The van der Waals surface area contributed by atoms with Crippen molar-refractivity contribution in [3.8, 4) is 27.9 Å². The third-order valence-corrected chi connectivity index (χ3v) is 4.44. The van der Waals surface area contributed by atoms with Gasteiger partial charge >= 0.3 is 0 Å². The van der Waals surface area contributed by atoms with E-state index in [1.54, 1.807) is 12.1 Å². The second-order valence-electron chi connectivity index (χ2n) is 4.00. The fourth-order valence-corrected chi connectivity index (χ4v) is 3.07. The average molecular weight is 337 g/mol. The Bertz CT molecular complexity index is 736. The molecule has 0 amide bonds. The summed E-state index contributed by atoms with van der Waals surface area (Å²) in [6.07, 6.45) is 0. The van der Waals surface area contributed by atoms with E-state index in [1.165, 1.54) is 11.3 Å². The Hall–Kier alpha value is -1.66. The van der Waals surface area contributed by atoms with E-state index in [9.17, 15) is 5.11 Å². The third-order valence-electron chi connectivity index (χ3n) is 2.75. The Kier molecular flexibility index (Phi) is 3.12. The third kappa shape index (κ3) is 2.29. The Labute approximate surface area is 121 Å². The number of aromatic hydroxyl groups is 1. The lowest BCUT2D eigenvalue weighted by molar-refractivity contribution is 0.431. The second kappa shape index (κ2) is 4.79. The van der Waals surface area contributed by atoms with Gasteiger partial charge in [-0.3, -0.25) is 0 Å². The molecule has 0 spiro atoms. The maximum atomic E-state index is 9.69. The number of hydrogen-bond acceptors (Lipinski definition) is 5. The van der Waals surface area contributed by atoms with Crippen molar-refractivity contribution < 1.29 is 9.63 Å². The summed E-state index contributed by atoms with van der Waals surface area (Å²) in [5, 5.41) is 15.6. The Morgan fingerprint density at radius 3 is 2.95 bits per heavy atom. The van der Waals surface area contributed by atoms with Gasteiger partial charge in [0.2, 0.25) is 5.82 Å². The van der Waals surface area contributed by atoms with Crippen molar-refractivity contribution in [3.05, 3.63) is 39.7 Å². The molecule has 0 aliphatic carbocycles. The second-order valence-corrected chi connectivity index (χ2v) is 5.83. The molecular formula is C13H9BrN2O2S. The van der Waals surface area contributed by atoms with E-state index < -0.39 is 0 Å². The lowest BCUT2D eigenvalue weighted by Crippen LogP contribution is -1.84. The lowest BCUT2D eigenvalue weighted by Gasteiger charge is -2.01. The monoisotopic (exact) mass is 336 g/mol. The molecule has 0 saturated carbocycles. The molecule has 3 rings (SSSR count). The van der Waals surface area contributed by atoms with Crippen molar-refractivity contribution in [3.63, 3.8) is 0 Å². The molecule has 0 atom stereocenters. The quantitative estimate of drug-likeness (QED) is 0.760. The summed E-state index contributed by atoms with van der Waals surface area (Å²) in [5.41, 5.74) is 1.47. The highest BCUT2D eigenvalue weighted by atomic mass is 79.9. The van der Waals surface area contributed by atoms with Crippen molar-refractivity contribution in [1.82, 2.24) is 10.1 Å². The summed E-state index contributed by atoms with van der Waals surface area (Å²) < 4.78 is 6.26. The topological polar surface area (TPSA) is 59.2 Å². The summed E-state index contributed by atoms with van der Waals surface area (Å²) in [6.45, 7) is 1.82. The molecule has 0 saturated heterocycles. The molecule has 0 radical (unpaired) electrons. The van der Waals surface area contributed by atoms with Crippen molar-refractivity contribution in [2.75, 3.05) is 0 Å². The van der Waals surface area contributed by atoms with Crippen molar-refractivity contribution in [1.29, 1.82) is 0 Å². The normalized spacial score (nSPS) is 10.8. The average Bonchev–Trinajstić information content (AvgIpc) is 3.01. The molecule has 0 bridgehead atoms. The molecule has 0 fully saturated rings. The fraction of sp³-hybridized carbons (Fsp3) is 0.0769. The number of aromatic nitrogens is 2. The van der Waals surface area contributed by atoms with Crippen LogP contribution in [0, 0.1) is 6.92 Å². The molecule has 96 valence electrons. The molecule has 1 N–H and O–H groups in total. The van der Waals surface area contributed by atoms with E-state index in [4.69, 9.17) is 4.52 Å². The van der Waals surface area contributed by atoms with Crippen LogP contribution in [0.4, 0.5) is 0 Å². The summed E-state index contributed by atoms with van der Waals surface area (Å²) >= 11 is 4.93. The summed E-state index contributed by atoms with van der Waals surface area (Å²) in [6, 6.07) is 7.17. The molecule has 2 aromatic heterocycles. The van der Waals surface area contributed by atoms with Crippen molar-refractivity contribution in [2.24, 2.45) is 0 Å². The maximum absolute atomic E-state index is 9.69. The van der Waals surface area contributed by atoms with Gasteiger partial charge in [0.1, 0.15) is 5.75 Å². The zero-order valence-corrected chi connectivity index (χ0v) is 12.3. The summed E-state index contributed by atoms with van der Waals surface area (Å²) in [5.74, 6) is 1.18. The van der Waals surface area contributed by atoms with Gasteiger partial charge in [-0.1, -0.05) is 11.2 Å². The first-order chi connectivity index (χ1) is 9.15. The highest BCUT2D eigenvalue weighted by molar-refractivity contribution is 9.10. The van der Waals surface area contributed by atoms with Crippen molar-refractivity contribution in [2.45, 2.75) is 6.92 Å². The lowest BCUT2D eigenvalue weighted by atomic mass is 10.1. The van der Waals surface area contributed by atoms with Gasteiger partial charge in [-0.25, -0.2) is 0 Å². The molecule has 0 aliphatic heterocycles. The molecule has 6 heteroatoms. The van der Waals surface area contributed by atoms with Crippen LogP contribution in [0.25, 0.3) is 22.2 Å². The highest BCUT2D eigenvalue weighted by Gasteiger charge is 2.15. The number of nitrogens with zero attached hydrogens (tertiary/aromatic N) is 2. The van der Waals surface area contributed by atoms with Crippen LogP contribution in [-0.4, -0.2) is 15.2 Å². The standard InChI is InChI=1S/C13H9BrN2O2S/c1-7-9(3-2-4-10(7)17)13-15-12(16-18-13)11-5-8(14)6-19-11/h2-6,17H,1H3. The predicted molar refractivity (Wildman–Crippen MR) is 77.1 cm³/mol. The van der Waals surface area contributed by atoms with Crippen LogP contribution in [0.3, 0.4) is 0 Å². The van der Waals surface area contributed by atoms with Gasteiger partial charge < -0.3 is 9.63 Å². The van der Waals surface area contributed by atoms with Crippen LogP contribution in [-0.2, 0) is 0 Å². The van der Waals surface area contributed by atoms with Crippen LogP contribution >= 0.6 is 27.3 Å². The molecule has 0 aliphatic rings. The molecule has 19 heavy (non-hydrogen) atoms. The van der Waals surface area contributed by atoms with E-state index >= 15 is 0 Å². The number of benzene rings is 1. The van der Waals surface area contributed by atoms with E-state index in [0.717, 1.165) is 20.5 Å². The molecule has 2 heterocycles. The Morgan fingerprint density at radius 1 is 1.37 bits per heavy atom.